The Balaban J connectivity index is 1.55. The van der Waals surface area contributed by atoms with Gasteiger partial charge >= 0.3 is 5.97 Å². The summed E-state index contributed by atoms with van der Waals surface area (Å²) in [4.78, 5) is 28.2. The second-order valence-corrected chi connectivity index (χ2v) is 6.61. The van der Waals surface area contributed by atoms with Gasteiger partial charge in [-0.05, 0) is 23.8 Å². The van der Waals surface area contributed by atoms with Gasteiger partial charge in [0.05, 0.1) is 12.7 Å². The Labute approximate surface area is 162 Å². The first-order valence-electron chi connectivity index (χ1n) is 9.02. The summed E-state index contributed by atoms with van der Waals surface area (Å²) in [6, 6.07) is 14.5. The summed E-state index contributed by atoms with van der Waals surface area (Å²) in [5.41, 5.74) is 3.22. The average molecular weight is 376 g/mol. The van der Waals surface area contributed by atoms with Crippen molar-refractivity contribution in [3.63, 3.8) is 0 Å². The summed E-state index contributed by atoms with van der Waals surface area (Å²) >= 11 is 0. The highest BCUT2D eigenvalue weighted by Gasteiger charge is 2.26. The summed E-state index contributed by atoms with van der Waals surface area (Å²) in [6.45, 7) is 0.157. The Kier molecular flexibility index (Phi) is 4.85. The largest absolute Gasteiger partial charge is 0.488 e. The number of methoxy groups -OCH3 is 1. The first-order valence-corrected chi connectivity index (χ1v) is 9.02. The number of ether oxygens (including phenoxy) is 2. The highest BCUT2D eigenvalue weighted by atomic mass is 16.5. The second-order valence-electron chi connectivity index (χ2n) is 6.61. The van der Waals surface area contributed by atoms with Crippen molar-refractivity contribution in [2.24, 2.45) is 0 Å². The molecule has 1 amide bonds. The zero-order valence-corrected chi connectivity index (χ0v) is 15.4. The van der Waals surface area contributed by atoms with Crippen LogP contribution >= 0.6 is 0 Å². The first kappa shape index (κ1) is 17.9. The fourth-order valence-electron chi connectivity index (χ4n) is 3.35. The van der Waals surface area contributed by atoms with Crippen LogP contribution in [0.4, 0.5) is 0 Å². The van der Waals surface area contributed by atoms with Gasteiger partial charge in [0, 0.05) is 29.1 Å². The minimum absolute atomic E-state index is 0.157. The van der Waals surface area contributed by atoms with Crippen LogP contribution in [0.2, 0.25) is 0 Å². The van der Waals surface area contributed by atoms with Gasteiger partial charge in [-0.15, -0.1) is 0 Å². The fraction of sp³-hybridized carbons (Fsp3) is 0.182. The Hall–Kier alpha value is -3.54. The summed E-state index contributed by atoms with van der Waals surface area (Å²) in [7, 11) is 1.32. The molecule has 0 saturated heterocycles. The van der Waals surface area contributed by atoms with E-state index in [1.54, 1.807) is 6.08 Å². The van der Waals surface area contributed by atoms with Crippen LogP contribution in [0.3, 0.4) is 0 Å². The van der Waals surface area contributed by atoms with E-state index in [0.717, 1.165) is 27.8 Å². The lowest BCUT2D eigenvalue weighted by molar-refractivity contribution is -0.144. The highest BCUT2D eigenvalue weighted by Crippen LogP contribution is 2.26. The molecule has 0 aliphatic carbocycles. The zero-order valence-electron chi connectivity index (χ0n) is 15.4. The van der Waals surface area contributed by atoms with E-state index in [0.29, 0.717) is 12.0 Å². The number of esters is 1. The van der Waals surface area contributed by atoms with Crippen molar-refractivity contribution < 1.29 is 19.1 Å². The molecule has 0 saturated carbocycles. The third kappa shape index (κ3) is 3.49. The molecule has 3 aromatic rings. The first-order chi connectivity index (χ1) is 13.7. The third-order valence-electron chi connectivity index (χ3n) is 4.81. The molecule has 2 aromatic carbocycles. The van der Waals surface area contributed by atoms with Crippen molar-refractivity contribution in [2.45, 2.75) is 12.5 Å². The van der Waals surface area contributed by atoms with Crippen molar-refractivity contribution >= 4 is 28.9 Å². The maximum Gasteiger partial charge on any atom is 0.328 e. The number of aromatic nitrogens is 1. The number of carbonyl (C=O) groups is 2. The Morgan fingerprint density at radius 1 is 1.18 bits per heavy atom. The van der Waals surface area contributed by atoms with Crippen LogP contribution in [0.15, 0.2) is 60.3 Å². The molecular weight excluding hydrogens is 356 g/mol. The number of carbonyl (C=O) groups excluding carboxylic acids is 2. The van der Waals surface area contributed by atoms with Gasteiger partial charge in [-0.2, -0.15) is 0 Å². The molecule has 4 rings (SSSR count). The number of hydrogen-bond acceptors (Lipinski definition) is 4. The van der Waals surface area contributed by atoms with Crippen molar-refractivity contribution in [2.75, 3.05) is 13.7 Å². The van der Waals surface area contributed by atoms with E-state index in [4.69, 9.17) is 9.47 Å². The van der Waals surface area contributed by atoms with Crippen LogP contribution < -0.4 is 10.1 Å². The van der Waals surface area contributed by atoms with Crippen molar-refractivity contribution in [3.8, 4) is 5.75 Å². The quantitative estimate of drug-likeness (QED) is 0.671. The Morgan fingerprint density at radius 3 is 2.82 bits per heavy atom. The molecule has 1 aliphatic heterocycles. The maximum atomic E-state index is 12.8. The van der Waals surface area contributed by atoms with E-state index < -0.39 is 12.0 Å². The van der Waals surface area contributed by atoms with Crippen LogP contribution in [0.25, 0.3) is 17.0 Å². The van der Waals surface area contributed by atoms with Crippen molar-refractivity contribution in [3.05, 3.63) is 71.4 Å². The molecule has 0 bridgehead atoms. The predicted molar refractivity (Wildman–Crippen MR) is 106 cm³/mol. The van der Waals surface area contributed by atoms with E-state index in [1.165, 1.54) is 7.11 Å². The van der Waals surface area contributed by atoms with Gasteiger partial charge in [-0.25, -0.2) is 4.79 Å². The monoisotopic (exact) mass is 376 g/mol. The van der Waals surface area contributed by atoms with Gasteiger partial charge in [0.1, 0.15) is 18.4 Å². The highest BCUT2D eigenvalue weighted by molar-refractivity contribution is 6.01. The van der Waals surface area contributed by atoms with Gasteiger partial charge in [-0.3, -0.25) is 4.79 Å². The molecule has 1 aromatic heterocycles. The van der Waals surface area contributed by atoms with Crippen LogP contribution in [0, 0.1) is 0 Å². The van der Waals surface area contributed by atoms with Gasteiger partial charge in [0.25, 0.3) is 5.91 Å². The van der Waals surface area contributed by atoms with E-state index in [-0.39, 0.29) is 12.5 Å². The minimum Gasteiger partial charge on any atom is -0.488 e. The average Bonchev–Trinajstić information content (AvgIpc) is 3.15. The Morgan fingerprint density at radius 2 is 1.96 bits per heavy atom. The molecular formula is C22H20N2O4. The number of rotatable bonds is 5. The number of nitrogens with one attached hydrogen (secondary N) is 2. The van der Waals surface area contributed by atoms with E-state index in [1.807, 2.05) is 54.7 Å². The molecule has 0 fully saturated rings. The molecule has 1 atom stereocenters. The van der Waals surface area contributed by atoms with Crippen LogP contribution in [-0.4, -0.2) is 36.6 Å². The van der Waals surface area contributed by atoms with Crippen molar-refractivity contribution in [1.29, 1.82) is 0 Å². The summed E-state index contributed by atoms with van der Waals surface area (Å²) in [6.07, 6.45) is 3.97. The molecule has 1 aliphatic rings. The van der Waals surface area contributed by atoms with E-state index >= 15 is 0 Å². The molecule has 142 valence electrons. The van der Waals surface area contributed by atoms with Gasteiger partial charge in [-0.1, -0.05) is 36.4 Å². The van der Waals surface area contributed by atoms with Crippen LogP contribution in [0.1, 0.15) is 11.1 Å². The number of para-hydroxylation sites is 2. The number of aromatic amines is 1. The SMILES string of the molecule is COC(=O)[C@H](Cc1c[nH]c2ccccc12)NC(=O)C1=Cc2ccccc2OC1. The van der Waals surface area contributed by atoms with Crippen LogP contribution in [0.5, 0.6) is 5.75 Å². The molecule has 6 heteroatoms. The summed E-state index contributed by atoms with van der Waals surface area (Å²) in [5, 5.41) is 3.81. The molecule has 28 heavy (non-hydrogen) atoms. The van der Waals surface area contributed by atoms with Crippen molar-refractivity contribution in [1.82, 2.24) is 10.3 Å². The molecule has 0 spiro atoms. The summed E-state index contributed by atoms with van der Waals surface area (Å²) in [5.74, 6) is -0.0940. The van der Waals surface area contributed by atoms with E-state index in [9.17, 15) is 9.59 Å². The van der Waals surface area contributed by atoms with E-state index in [2.05, 4.69) is 10.3 Å². The zero-order chi connectivity index (χ0) is 19.5. The lowest BCUT2D eigenvalue weighted by atomic mass is 10.0. The van der Waals surface area contributed by atoms with Crippen LogP contribution in [-0.2, 0) is 20.7 Å². The molecule has 2 N–H and O–H groups in total. The Bertz CT molecular complexity index is 1070. The topological polar surface area (TPSA) is 80.4 Å². The number of fused-ring (bicyclic) bond motifs is 2. The predicted octanol–water partition coefficient (Wildman–Crippen LogP) is 2.84. The normalized spacial score (nSPS) is 13.8. The lowest BCUT2D eigenvalue weighted by Crippen LogP contribution is -2.44. The number of benzene rings is 2. The maximum absolute atomic E-state index is 12.8. The molecule has 6 nitrogen and oxygen atoms in total. The lowest BCUT2D eigenvalue weighted by Gasteiger charge is -2.20. The van der Waals surface area contributed by atoms with Gasteiger partial charge in [0.15, 0.2) is 0 Å². The minimum atomic E-state index is -0.797. The second kappa shape index (κ2) is 7.60. The van der Waals surface area contributed by atoms with Gasteiger partial charge in [0.2, 0.25) is 0 Å². The number of amides is 1. The number of H-pyrrole nitrogens is 1. The third-order valence-corrected chi connectivity index (χ3v) is 4.81. The summed E-state index contributed by atoms with van der Waals surface area (Å²) < 4.78 is 10.5. The molecule has 0 radical (unpaired) electrons. The number of hydrogen-bond donors (Lipinski definition) is 2. The van der Waals surface area contributed by atoms with Gasteiger partial charge < -0.3 is 19.8 Å². The smallest absolute Gasteiger partial charge is 0.328 e. The fourth-order valence-corrected chi connectivity index (χ4v) is 3.35. The molecule has 0 unspecified atom stereocenters. The standard InChI is InChI=1S/C22H20N2O4/c1-27-22(26)19(11-15-12-23-18-8-4-3-7-17(15)18)24-21(25)16-10-14-6-2-5-9-20(14)28-13-16/h2-10,12,19,23H,11,13H2,1H3,(H,24,25)/t19-/m0/s1. The molecule has 2 heterocycles.